The van der Waals surface area contributed by atoms with E-state index in [1.54, 1.807) is 0 Å². The minimum atomic E-state index is 0.910. The number of hydrogen-bond acceptors (Lipinski definition) is 5. The van der Waals surface area contributed by atoms with Crippen LogP contribution in [0.5, 0.6) is 0 Å². The van der Waals surface area contributed by atoms with Crippen LogP contribution < -0.4 is 9.80 Å². The molecule has 1 aromatic heterocycles. The lowest BCUT2D eigenvalue weighted by atomic mass is 10.3. The second-order valence-electron chi connectivity index (χ2n) is 5.33. The molecule has 104 valence electrons. The predicted octanol–water partition coefficient (Wildman–Crippen LogP) is 1.22. The van der Waals surface area contributed by atoms with Crippen LogP contribution in [0.15, 0.2) is 12.3 Å². The van der Waals surface area contributed by atoms with Gasteiger partial charge in [0, 0.05) is 45.5 Å². The van der Waals surface area contributed by atoms with Gasteiger partial charge >= 0.3 is 0 Å². The van der Waals surface area contributed by atoms with Gasteiger partial charge in [-0.3, -0.25) is 0 Å². The summed E-state index contributed by atoms with van der Waals surface area (Å²) in [4.78, 5) is 16.3. The zero-order chi connectivity index (χ0) is 13.1. The van der Waals surface area contributed by atoms with Crippen LogP contribution in [0, 0.1) is 0 Å². The van der Waals surface area contributed by atoms with Crippen molar-refractivity contribution < 1.29 is 0 Å². The van der Waals surface area contributed by atoms with E-state index in [0.717, 1.165) is 57.6 Å². The molecule has 2 fully saturated rings. The third-order valence-corrected chi connectivity index (χ3v) is 4.16. The molecule has 3 heterocycles. The molecule has 0 atom stereocenters. The van der Waals surface area contributed by atoms with E-state index in [1.807, 2.05) is 12.3 Å². The average Bonchev–Trinajstić information content (AvgIpc) is 3.02. The Balaban J connectivity index is 1.69. The Morgan fingerprint density at radius 2 is 1.74 bits per heavy atom. The maximum absolute atomic E-state index is 4.75. The maximum Gasteiger partial charge on any atom is 0.227 e. The summed E-state index contributed by atoms with van der Waals surface area (Å²) in [5.74, 6) is 2.00. The Bertz CT molecular complexity index is 408. The van der Waals surface area contributed by atoms with Gasteiger partial charge in [0.05, 0.1) is 0 Å². The Morgan fingerprint density at radius 1 is 1.00 bits per heavy atom. The number of anilines is 2. The van der Waals surface area contributed by atoms with Gasteiger partial charge in [-0.05, 0) is 25.5 Å². The Labute approximate surface area is 115 Å². The third-order valence-electron chi connectivity index (χ3n) is 4.16. The van der Waals surface area contributed by atoms with Gasteiger partial charge in [-0.25, -0.2) is 4.98 Å². The first-order chi connectivity index (χ1) is 9.36. The van der Waals surface area contributed by atoms with E-state index in [4.69, 9.17) is 4.98 Å². The van der Waals surface area contributed by atoms with Crippen molar-refractivity contribution in [1.82, 2.24) is 14.9 Å². The lowest BCUT2D eigenvalue weighted by molar-refractivity contribution is 0.270. The van der Waals surface area contributed by atoms with Crippen LogP contribution in [0.1, 0.15) is 19.8 Å². The molecule has 1 aromatic rings. The number of nitrogens with zero attached hydrogens (tertiary/aromatic N) is 5. The Kier molecular flexibility index (Phi) is 3.82. The van der Waals surface area contributed by atoms with Crippen molar-refractivity contribution in [3.05, 3.63) is 12.3 Å². The summed E-state index contributed by atoms with van der Waals surface area (Å²) in [6.07, 6.45) is 4.44. The predicted molar refractivity (Wildman–Crippen MR) is 77.8 cm³/mol. The van der Waals surface area contributed by atoms with E-state index < -0.39 is 0 Å². The summed E-state index contributed by atoms with van der Waals surface area (Å²) in [5.41, 5.74) is 0. The van der Waals surface area contributed by atoms with Crippen molar-refractivity contribution in [3.63, 3.8) is 0 Å². The van der Waals surface area contributed by atoms with Gasteiger partial charge in [-0.1, -0.05) is 6.92 Å². The van der Waals surface area contributed by atoms with Crippen molar-refractivity contribution in [3.8, 4) is 0 Å². The van der Waals surface area contributed by atoms with Gasteiger partial charge in [0.15, 0.2) is 0 Å². The number of hydrogen-bond donors (Lipinski definition) is 0. The van der Waals surface area contributed by atoms with E-state index in [0.29, 0.717) is 0 Å². The molecule has 0 spiro atoms. The average molecular weight is 261 g/mol. The molecular formula is C14H23N5. The number of likely N-dealkylation sites (N-methyl/N-ethyl adjacent to an activating group) is 1. The second kappa shape index (κ2) is 5.74. The summed E-state index contributed by atoms with van der Waals surface area (Å²) >= 11 is 0. The number of piperazine rings is 1. The third kappa shape index (κ3) is 2.81. The lowest BCUT2D eigenvalue weighted by Gasteiger charge is -2.35. The van der Waals surface area contributed by atoms with E-state index in [1.165, 1.54) is 12.8 Å². The summed E-state index contributed by atoms with van der Waals surface area (Å²) in [5, 5.41) is 0. The molecule has 0 unspecified atom stereocenters. The van der Waals surface area contributed by atoms with Gasteiger partial charge in [-0.15, -0.1) is 0 Å². The molecule has 0 aromatic carbocycles. The van der Waals surface area contributed by atoms with E-state index >= 15 is 0 Å². The molecule has 0 radical (unpaired) electrons. The first kappa shape index (κ1) is 12.7. The van der Waals surface area contributed by atoms with Crippen LogP contribution in [0.4, 0.5) is 11.8 Å². The first-order valence-corrected chi connectivity index (χ1v) is 7.42. The van der Waals surface area contributed by atoms with Gasteiger partial charge in [0.25, 0.3) is 0 Å². The summed E-state index contributed by atoms with van der Waals surface area (Å²) < 4.78 is 0. The lowest BCUT2D eigenvalue weighted by Crippen LogP contribution is -2.46. The largest absolute Gasteiger partial charge is 0.354 e. The second-order valence-corrected chi connectivity index (χ2v) is 5.33. The molecule has 0 saturated carbocycles. The molecule has 3 rings (SSSR count). The van der Waals surface area contributed by atoms with Crippen molar-refractivity contribution >= 4 is 11.8 Å². The van der Waals surface area contributed by atoms with Crippen LogP contribution in [0.2, 0.25) is 0 Å². The number of aromatic nitrogens is 2. The molecule has 2 aliphatic rings. The van der Waals surface area contributed by atoms with Crippen LogP contribution >= 0.6 is 0 Å². The fourth-order valence-corrected chi connectivity index (χ4v) is 2.88. The van der Waals surface area contributed by atoms with Crippen molar-refractivity contribution in [2.75, 3.05) is 55.6 Å². The normalized spacial score (nSPS) is 21.1. The molecule has 5 heteroatoms. The first-order valence-electron chi connectivity index (χ1n) is 7.42. The van der Waals surface area contributed by atoms with Crippen molar-refractivity contribution in [2.45, 2.75) is 19.8 Å². The molecule has 0 amide bonds. The molecule has 0 aliphatic carbocycles. The van der Waals surface area contributed by atoms with Gasteiger partial charge in [0.1, 0.15) is 5.82 Å². The molecule has 0 bridgehead atoms. The Morgan fingerprint density at radius 3 is 2.42 bits per heavy atom. The topological polar surface area (TPSA) is 35.5 Å². The molecule has 5 nitrogen and oxygen atoms in total. The fraction of sp³-hybridized carbons (Fsp3) is 0.714. The zero-order valence-corrected chi connectivity index (χ0v) is 11.8. The van der Waals surface area contributed by atoms with Crippen LogP contribution in [0.25, 0.3) is 0 Å². The monoisotopic (exact) mass is 261 g/mol. The van der Waals surface area contributed by atoms with Crippen LogP contribution in [0.3, 0.4) is 0 Å². The summed E-state index contributed by atoms with van der Waals surface area (Å²) in [6.45, 7) is 10.0. The molecular weight excluding hydrogens is 238 g/mol. The molecule has 2 aliphatic heterocycles. The standard InChI is InChI=1S/C14H23N5/c1-2-17-9-11-18(12-10-17)13-5-6-15-14(16-13)19-7-3-4-8-19/h5-6H,2-4,7-12H2,1H3. The zero-order valence-electron chi connectivity index (χ0n) is 11.8. The molecule has 19 heavy (non-hydrogen) atoms. The van der Waals surface area contributed by atoms with Crippen molar-refractivity contribution in [1.29, 1.82) is 0 Å². The smallest absolute Gasteiger partial charge is 0.227 e. The van der Waals surface area contributed by atoms with Gasteiger partial charge in [0.2, 0.25) is 5.95 Å². The Hall–Kier alpha value is -1.36. The number of rotatable bonds is 3. The van der Waals surface area contributed by atoms with E-state index in [2.05, 4.69) is 26.6 Å². The van der Waals surface area contributed by atoms with Gasteiger partial charge in [-0.2, -0.15) is 4.98 Å². The highest BCUT2D eigenvalue weighted by Gasteiger charge is 2.19. The molecule has 0 N–H and O–H groups in total. The van der Waals surface area contributed by atoms with Crippen molar-refractivity contribution in [2.24, 2.45) is 0 Å². The summed E-state index contributed by atoms with van der Waals surface area (Å²) in [7, 11) is 0. The highest BCUT2D eigenvalue weighted by molar-refractivity contribution is 5.44. The van der Waals surface area contributed by atoms with Gasteiger partial charge < -0.3 is 14.7 Å². The maximum atomic E-state index is 4.75. The van der Waals surface area contributed by atoms with E-state index in [9.17, 15) is 0 Å². The SMILES string of the molecule is CCN1CCN(c2ccnc(N3CCCC3)n2)CC1. The minimum absolute atomic E-state index is 0.910. The molecule has 2 saturated heterocycles. The summed E-state index contributed by atoms with van der Waals surface area (Å²) in [6, 6.07) is 2.04. The van der Waals surface area contributed by atoms with E-state index in [-0.39, 0.29) is 0 Å². The van der Waals surface area contributed by atoms with Crippen LogP contribution in [-0.4, -0.2) is 60.7 Å². The quantitative estimate of drug-likeness (QED) is 0.817. The highest BCUT2D eigenvalue weighted by atomic mass is 15.3. The minimum Gasteiger partial charge on any atom is -0.354 e. The van der Waals surface area contributed by atoms with Crippen LogP contribution in [-0.2, 0) is 0 Å². The fourth-order valence-electron chi connectivity index (χ4n) is 2.88. The highest BCUT2D eigenvalue weighted by Crippen LogP contribution is 2.19.